The lowest BCUT2D eigenvalue weighted by Crippen LogP contribution is -2.17. The lowest BCUT2D eigenvalue weighted by atomic mass is 10.1. The maximum Gasteiger partial charge on any atom is 0.0918 e. The molecule has 0 fully saturated rings. The van der Waals surface area contributed by atoms with E-state index < -0.39 is 0 Å². The van der Waals surface area contributed by atoms with Gasteiger partial charge in [0, 0.05) is 6.20 Å². The molecule has 0 saturated carbocycles. The number of benzene rings is 1. The van der Waals surface area contributed by atoms with Crippen LogP contribution in [-0.2, 0) is 0 Å². The first-order valence-electron chi connectivity index (χ1n) is 5.99. The number of nitrogens with two attached hydrogens (primary N) is 1. The monoisotopic (exact) mass is 251 g/mol. The predicted octanol–water partition coefficient (Wildman–Crippen LogP) is 1.71. The number of hydrogen-bond acceptors (Lipinski definition) is 4. The van der Waals surface area contributed by atoms with Crippen LogP contribution in [0.15, 0.2) is 60.9 Å². The van der Waals surface area contributed by atoms with E-state index in [4.69, 9.17) is 5.73 Å². The molecule has 1 atom stereocenters. The van der Waals surface area contributed by atoms with Gasteiger partial charge in [0.05, 0.1) is 29.3 Å². The van der Waals surface area contributed by atoms with Crippen molar-refractivity contribution in [2.45, 2.75) is 6.04 Å². The first-order chi connectivity index (χ1) is 9.36. The second kappa shape index (κ2) is 4.99. The Morgan fingerprint density at radius 2 is 1.79 bits per heavy atom. The predicted molar refractivity (Wildman–Crippen MR) is 71.6 cm³/mol. The van der Waals surface area contributed by atoms with E-state index in [1.165, 1.54) is 0 Å². The van der Waals surface area contributed by atoms with Gasteiger partial charge in [0.25, 0.3) is 0 Å². The number of aromatic nitrogens is 4. The highest BCUT2D eigenvalue weighted by Crippen LogP contribution is 2.19. The van der Waals surface area contributed by atoms with Gasteiger partial charge in [-0.1, -0.05) is 29.5 Å². The van der Waals surface area contributed by atoms with Gasteiger partial charge in [-0.15, -0.1) is 5.10 Å². The van der Waals surface area contributed by atoms with Crippen LogP contribution in [0.1, 0.15) is 17.4 Å². The van der Waals surface area contributed by atoms with Crippen molar-refractivity contribution >= 4 is 0 Å². The molecule has 2 N–H and O–H groups in total. The normalized spacial score (nSPS) is 12.3. The van der Waals surface area contributed by atoms with Gasteiger partial charge in [0.2, 0.25) is 0 Å². The van der Waals surface area contributed by atoms with Crippen molar-refractivity contribution in [1.29, 1.82) is 0 Å². The minimum atomic E-state index is -0.351. The van der Waals surface area contributed by atoms with Crippen LogP contribution in [0.25, 0.3) is 5.69 Å². The third kappa shape index (κ3) is 2.23. The summed E-state index contributed by atoms with van der Waals surface area (Å²) in [5.41, 5.74) is 8.77. The summed E-state index contributed by atoms with van der Waals surface area (Å²) in [6.07, 6.45) is 3.40. The number of para-hydroxylation sites is 1. The van der Waals surface area contributed by atoms with Crippen LogP contribution < -0.4 is 5.73 Å². The second-order valence-electron chi connectivity index (χ2n) is 4.14. The van der Waals surface area contributed by atoms with Gasteiger partial charge in [-0.2, -0.15) is 0 Å². The van der Waals surface area contributed by atoms with E-state index in [-0.39, 0.29) is 6.04 Å². The van der Waals surface area contributed by atoms with E-state index >= 15 is 0 Å². The lowest BCUT2D eigenvalue weighted by molar-refractivity contribution is 0.707. The third-order valence-electron chi connectivity index (χ3n) is 2.90. The zero-order valence-electron chi connectivity index (χ0n) is 10.2. The topological polar surface area (TPSA) is 69.6 Å². The average Bonchev–Trinajstić information content (AvgIpc) is 2.98. The Morgan fingerprint density at radius 1 is 1.00 bits per heavy atom. The molecule has 0 amide bonds. The number of rotatable bonds is 3. The van der Waals surface area contributed by atoms with E-state index in [0.717, 1.165) is 17.1 Å². The van der Waals surface area contributed by atoms with Crippen LogP contribution in [0.3, 0.4) is 0 Å². The van der Waals surface area contributed by atoms with Crippen molar-refractivity contribution in [3.63, 3.8) is 0 Å². The summed E-state index contributed by atoms with van der Waals surface area (Å²) in [5.74, 6) is 0. The molecule has 0 radical (unpaired) electrons. The molecule has 0 aliphatic carbocycles. The fourth-order valence-electron chi connectivity index (χ4n) is 1.94. The minimum Gasteiger partial charge on any atom is -0.318 e. The summed E-state index contributed by atoms with van der Waals surface area (Å²) in [6, 6.07) is 15.1. The molecule has 1 unspecified atom stereocenters. The molecule has 5 nitrogen and oxygen atoms in total. The van der Waals surface area contributed by atoms with Gasteiger partial charge in [-0.05, 0) is 24.3 Å². The molecule has 0 aliphatic rings. The van der Waals surface area contributed by atoms with Gasteiger partial charge in [-0.3, -0.25) is 4.98 Å². The number of hydrogen-bond donors (Lipinski definition) is 1. The van der Waals surface area contributed by atoms with E-state index in [9.17, 15) is 0 Å². The first-order valence-corrected chi connectivity index (χ1v) is 5.99. The SMILES string of the molecule is NC(c1ccccn1)c1cnnn1-c1ccccc1. The molecular weight excluding hydrogens is 238 g/mol. The summed E-state index contributed by atoms with van der Waals surface area (Å²) < 4.78 is 1.74. The zero-order valence-corrected chi connectivity index (χ0v) is 10.2. The zero-order chi connectivity index (χ0) is 13.1. The Kier molecular flexibility index (Phi) is 3.04. The van der Waals surface area contributed by atoms with Crippen LogP contribution in [0.5, 0.6) is 0 Å². The summed E-state index contributed by atoms with van der Waals surface area (Å²) in [6.45, 7) is 0. The highest BCUT2D eigenvalue weighted by atomic mass is 15.4. The molecule has 0 bridgehead atoms. The van der Waals surface area contributed by atoms with Crippen molar-refractivity contribution in [3.8, 4) is 5.69 Å². The van der Waals surface area contributed by atoms with Crippen molar-refractivity contribution in [2.24, 2.45) is 5.73 Å². The second-order valence-corrected chi connectivity index (χ2v) is 4.14. The molecule has 0 aliphatic heterocycles. The van der Waals surface area contributed by atoms with Crippen molar-refractivity contribution in [1.82, 2.24) is 20.0 Å². The summed E-state index contributed by atoms with van der Waals surface area (Å²) in [7, 11) is 0. The van der Waals surface area contributed by atoms with Gasteiger partial charge in [-0.25, -0.2) is 4.68 Å². The molecule has 2 heterocycles. The number of nitrogens with zero attached hydrogens (tertiary/aromatic N) is 4. The van der Waals surface area contributed by atoms with E-state index in [2.05, 4.69) is 15.3 Å². The third-order valence-corrected chi connectivity index (χ3v) is 2.90. The first kappa shape index (κ1) is 11.6. The van der Waals surface area contributed by atoms with Crippen molar-refractivity contribution < 1.29 is 0 Å². The van der Waals surface area contributed by atoms with Crippen LogP contribution in [0, 0.1) is 0 Å². The van der Waals surface area contributed by atoms with Gasteiger partial charge in [0.15, 0.2) is 0 Å². The fraction of sp³-hybridized carbons (Fsp3) is 0.0714. The lowest BCUT2D eigenvalue weighted by Gasteiger charge is -2.12. The molecule has 0 saturated heterocycles. The molecule has 0 spiro atoms. The summed E-state index contributed by atoms with van der Waals surface area (Å²) >= 11 is 0. The van der Waals surface area contributed by atoms with Crippen LogP contribution in [0.2, 0.25) is 0 Å². The Hall–Kier alpha value is -2.53. The molecule has 5 heteroatoms. The molecular formula is C14H13N5. The van der Waals surface area contributed by atoms with Crippen molar-refractivity contribution in [2.75, 3.05) is 0 Å². The molecule has 94 valence electrons. The largest absolute Gasteiger partial charge is 0.318 e. The van der Waals surface area contributed by atoms with E-state index in [0.29, 0.717) is 0 Å². The van der Waals surface area contributed by atoms with Crippen molar-refractivity contribution in [3.05, 3.63) is 72.3 Å². The smallest absolute Gasteiger partial charge is 0.0918 e. The number of pyridine rings is 1. The van der Waals surface area contributed by atoms with Crippen LogP contribution in [-0.4, -0.2) is 20.0 Å². The van der Waals surface area contributed by atoms with E-state index in [1.807, 2.05) is 48.5 Å². The maximum atomic E-state index is 6.24. The molecule has 3 aromatic rings. The average molecular weight is 251 g/mol. The van der Waals surface area contributed by atoms with Crippen LogP contribution in [0.4, 0.5) is 0 Å². The Bertz CT molecular complexity index is 648. The van der Waals surface area contributed by atoms with Gasteiger partial charge >= 0.3 is 0 Å². The standard InChI is InChI=1S/C14H13N5/c15-14(12-8-4-5-9-16-12)13-10-17-18-19(13)11-6-2-1-3-7-11/h1-10,14H,15H2. The highest BCUT2D eigenvalue weighted by Gasteiger charge is 2.16. The fourth-order valence-corrected chi connectivity index (χ4v) is 1.94. The Balaban J connectivity index is 2.01. The molecule has 1 aromatic carbocycles. The van der Waals surface area contributed by atoms with Gasteiger partial charge < -0.3 is 5.73 Å². The van der Waals surface area contributed by atoms with E-state index in [1.54, 1.807) is 17.1 Å². The summed E-state index contributed by atoms with van der Waals surface area (Å²) in [4.78, 5) is 4.28. The Morgan fingerprint density at radius 3 is 2.53 bits per heavy atom. The Labute approximate surface area is 110 Å². The maximum absolute atomic E-state index is 6.24. The van der Waals surface area contributed by atoms with Gasteiger partial charge in [0.1, 0.15) is 0 Å². The molecule has 19 heavy (non-hydrogen) atoms. The minimum absolute atomic E-state index is 0.351. The highest BCUT2D eigenvalue weighted by molar-refractivity contribution is 5.33. The molecule has 2 aromatic heterocycles. The van der Waals surface area contributed by atoms with Crippen LogP contribution >= 0.6 is 0 Å². The quantitative estimate of drug-likeness (QED) is 0.769. The summed E-state index contributed by atoms with van der Waals surface area (Å²) in [5, 5.41) is 8.04. The molecule has 3 rings (SSSR count).